The van der Waals surface area contributed by atoms with Gasteiger partial charge in [0.2, 0.25) is 0 Å². The number of aromatic nitrogens is 1. The summed E-state index contributed by atoms with van der Waals surface area (Å²) in [6, 6.07) is 9.40. The van der Waals surface area contributed by atoms with Crippen LogP contribution in [0.2, 0.25) is 10.0 Å². The van der Waals surface area contributed by atoms with Crippen molar-refractivity contribution >= 4 is 51.4 Å². The maximum absolute atomic E-state index is 14.0. The van der Waals surface area contributed by atoms with Crippen molar-refractivity contribution in [1.82, 2.24) is 9.88 Å². The van der Waals surface area contributed by atoms with E-state index in [4.69, 9.17) is 23.2 Å². The molecule has 0 aliphatic heterocycles. The molecular formula is C18H14Cl2FN3O. The van der Waals surface area contributed by atoms with Gasteiger partial charge in [-0.25, -0.2) is 9.37 Å². The van der Waals surface area contributed by atoms with Crippen LogP contribution in [-0.4, -0.2) is 29.9 Å². The zero-order valence-corrected chi connectivity index (χ0v) is 15.0. The molecule has 0 radical (unpaired) electrons. The Morgan fingerprint density at radius 2 is 1.96 bits per heavy atom. The zero-order valence-electron chi connectivity index (χ0n) is 13.5. The number of amides is 1. The van der Waals surface area contributed by atoms with Gasteiger partial charge in [-0.15, -0.1) is 0 Å². The number of nitrogens with one attached hydrogen (secondary N) is 1. The largest absolute Gasteiger partial charge is 0.345 e. The van der Waals surface area contributed by atoms with Gasteiger partial charge in [0.15, 0.2) is 0 Å². The number of carbonyl (C=O) groups is 1. The van der Waals surface area contributed by atoms with Crippen LogP contribution in [0.4, 0.5) is 15.9 Å². The Morgan fingerprint density at radius 1 is 1.20 bits per heavy atom. The molecule has 0 unspecified atom stereocenters. The minimum absolute atomic E-state index is 0.188. The number of rotatable bonds is 3. The van der Waals surface area contributed by atoms with E-state index < -0.39 is 5.82 Å². The van der Waals surface area contributed by atoms with Crippen LogP contribution >= 0.6 is 23.2 Å². The van der Waals surface area contributed by atoms with Crippen molar-refractivity contribution in [3.8, 4) is 0 Å². The van der Waals surface area contributed by atoms with Gasteiger partial charge in [0.1, 0.15) is 11.6 Å². The monoisotopic (exact) mass is 377 g/mol. The van der Waals surface area contributed by atoms with Crippen molar-refractivity contribution in [2.45, 2.75) is 0 Å². The van der Waals surface area contributed by atoms with Crippen molar-refractivity contribution in [1.29, 1.82) is 0 Å². The van der Waals surface area contributed by atoms with Crippen molar-refractivity contribution in [3.63, 3.8) is 0 Å². The van der Waals surface area contributed by atoms with E-state index >= 15 is 0 Å². The predicted molar refractivity (Wildman–Crippen MR) is 99.5 cm³/mol. The molecule has 3 rings (SSSR count). The molecule has 1 amide bonds. The molecule has 1 aromatic heterocycles. The van der Waals surface area contributed by atoms with Crippen molar-refractivity contribution in [2.75, 3.05) is 19.4 Å². The molecule has 1 heterocycles. The van der Waals surface area contributed by atoms with E-state index in [1.54, 1.807) is 32.3 Å². The fourth-order valence-electron chi connectivity index (χ4n) is 2.48. The lowest BCUT2D eigenvalue weighted by atomic mass is 10.1. The summed E-state index contributed by atoms with van der Waals surface area (Å²) in [6.45, 7) is 0. The highest BCUT2D eigenvalue weighted by Crippen LogP contribution is 2.33. The molecule has 128 valence electrons. The average Bonchev–Trinajstić information content (AvgIpc) is 2.58. The number of fused-ring (bicyclic) bond motifs is 1. The molecule has 0 spiro atoms. The second-order valence-electron chi connectivity index (χ2n) is 5.63. The van der Waals surface area contributed by atoms with Gasteiger partial charge in [-0.3, -0.25) is 4.79 Å². The van der Waals surface area contributed by atoms with Crippen molar-refractivity contribution in [2.24, 2.45) is 0 Å². The quantitative estimate of drug-likeness (QED) is 0.688. The molecule has 0 aliphatic carbocycles. The van der Waals surface area contributed by atoms with Crippen molar-refractivity contribution < 1.29 is 9.18 Å². The third kappa shape index (κ3) is 3.38. The first-order valence-corrected chi connectivity index (χ1v) is 8.15. The van der Waals surface area contributed by atoms with Crippen LogP contribution in [0.3, 0.4) is 0 Å². The average molecular weight is 378 g/mol. The van der Waals surface area contributed by atoms with E-state index in [-0.39, 0.29) is 11.6 Å². The second-order valence-corrected chi connectivity index (χ2v) is 6.48. The van der Waals surface area contributed by atoms with Gasteiger partial charge in [-0.1, -0.05) is 35.3 Å². The van der Waals surface area contributed by atoms with Crippen LogP contribution in [-0.2, 0) is 0 Å². The van der Waals surface area contributed by atoms with Crippen LogP contribution in [0, 0.1) is 5.82 Å². The molecule has 7 heteroatoms. The zero-order chi connectivity index (χ0) is 18.1. The molecule has 4 nitrogen and oxygen atoms in total. The summed E-state index contributed by atoms with van der Waals surface area (Å²) in [4.78, 5) is 18.1. The minimum atomic E-state index is -0.463. The van der Waals surface area contributed by atoms with E-state index in [2.05, 4.69) is 10.3 Å². The van der Waals surface area contributed by atoms with Crippen molar-refractivity contribution in [3.05, 3.63) is 64.0 Å². The van der Waals surface area contributed by atoms with Gasteiger partial charge in [0, 0.05) is 41.1 Å². The fourth-order valence-corrected chi connectivity index (χ4v) is 2.93. The van der Waals surface area contributed by atoms with Gasteiger partial charge in [-0.05, 0) is 24.3 Å². The molecule has 0 aliphatic rings. The number of carbonyl (C=O) groups excluding carboxylic acids is 1. The number of pyridine rings is 1. The van der Waals surface area contributed by atoms with E-state index in [1.165, 1.54) is 29.3 Å². The van der Waals surface area contributed by atoms with Crippen LogP contribution in [0.15, 0.2) is 42.6 Å². The van der Waals surface area contributed by atoms with E-state index in [1.807, 2.05) is 0 Å². The summed E-state index contributed by atoms with van der Waals surface area (Å²) in [5.41, 5.74) is 0.565. The summed E-state index contributed by atoms with van der Waals surface area (Å²) < 4.78 is 14.0. The number of hydrogen-bond acceptors (Lipinski definition) is 3. The van der Waals surface area contributed by atoms with E-state index in [0.29, 0.717) is 32.2 Å². The standard InChI is InChI=1S/C18H14Cl2FN3O/c1-24(2)18(25)12-9-22-17(11-4-3-5-13(20)16(11)12)23-15-8-10(19)6-7-14(15)21/h3-9H,1-2H3,(H,22,23). The van der Waals surface area contributed by atoms with E-state index in [0.717, 1.165) is 0 Å². The number of anilines is 2. The topological polar surface area (TPSA) is 45.2 Å². The smallest absolute Gasteiger partial charge is 0.255 e. The number of benzene rings is 2. The Hall–Kier alpha value is -2.37. The van der Waals surface area contributed by atoms with Gasteiger partial charge in [-0.2, -0.15) is 0 Å². The van der Waals surface area contributed by atoms with Gasteiger partial charge in [0.25, 0.3) is 5.91 Å². The first kappa shape index (κ1) is 17.5. The second kappa shape index (κ2) is 6.86. The highest BCUT2D eigenvalue weighted by molar-refractivity contribution is 6.37. The minimum Gasteiger partial charge on any atom is -0.345 e. The molecule has 1 N–H and O–H groups in total. The van der Waals surface area contributed by atoms with Crippen LogP contribution in [0.25, 0.3) is 10.8 Å². The van der Waals surface area contributed by atoms with E-state index in [9.17, 15) is 9.18 Å². The molecule has 3 aromatic rings. The molecular weight excluding hydrogens is 364 g/mol. The first-order chi connectivity index (χ1) is 11.9. The van der Waals surface area contributed by atoms with Crippen LogP contribution < -0.4 is 5.32 Å². The summed E-state index contributed by atoms with van der Waals surface area (Å²) >= 11 is 12.3. The van der Waals surface area contributed by atoms with Gasteiger partial charge >= 0.3 is 0 Å². The highest BCUT2D eigenvalue weighted by Gasteiger charge is 2.18. The van der Waals surface area contributed by atoms with Gasteiger partial charge in [0.05, 0.1) is 11.3 Å². The van der Waals surface area contributed by atoms with Crippen LogP contribution in [0.1, 0.15) is 10.4 Å². The normalized spacial score (nSPS) is 10.8. The fraction of sp³-hybridized carbons (Fsp3) is 0.111. The maximum atomic E-state index is 14.0. The Kier molecular flexibility index (Phi) is 4.79. The Morgan fingerprint density at radius 3 is 2.68 bits per heavy atom. The first-order valence-electron chi connectivity index (χ1n) is 7.39. The number of hydrogen-bond donors (Lipinski definition) is 1. The lowest BCUT2D eigenvalue weighted by Crippen LogP contribution is -2.22. The highest BCUT2D eigenvalue weighted by atomic mass is 35.5. The number of halogens is 3. The SMILES string of the molecule is CN(C)C(=O)c1cnc(Nc2cc(Cl)ccc2F)c2cccc(Cl)c12. The molecule has 2 aromatic carbocycles. The molecule has 0 bridgehead atoms. The Balaban J connectivity index is 2.18. The Bertz CT molecular complexity index is 976. The molecule has 0 saturated carbocycles. The molecule has 0 saturated heterocycles. The molecule has 0 fully saturated rings. The molecule has 25 heavy (non-hydrogen) atoms. The lowest BCUT2D eigenvalue weighted by molar-refractivity contribution is 0.0829. The summed E-state index contributed by atoms with van der Waals surface area (Å²) in [7, 11) is 3.30. The summed E-state index contributed by atoms with van der Waals surface area (Å²) in [5, 5.41) is 4.90. The summed E-state index contributed by atoms with van der Waals surface area (Å²) in [5.74, 6) is -0.296. The van der Waals surface area contributed by atoms with Crippen LogP contribution in [0.5, 0.6) is 0 Å². The summed E-state index contributed by atoms with van der Waals surface area (Å²) in [6.07, 6.45) is 1.43. The third-order valence-corrected chi connectivity index (χ3v) is 4.23. The van der Waals surface area contributed by atoms with Gasteiger partial charge < -0.3 is 10.2 Å². The lowest BCUT2D eigenvalue weighted by Gasteiger charge is -2.16. The molecule has 0 atom stereocenters. The third-order valence-electron chi connectivity index (χ3n) is 3.68. The Labute approximate surface area is 154 Å². The maximum Gasteiger partial charge on any atom is 0.255 e. The number of nitrogens with zero attached hydrogens (tertiary/aromatic N) is 2. The predicted octanol–water partition coefficient (Wildman–Crippen LogP) is 5.13.